The maximum absolute atomic E-state index is 12.9. The van der Waals surface area contributed by atoms with Crippen molar-refractivity contribution in [2.45, 2.75) is 6.54 Å². The highest BCUT2D eigenvalue weighted by Gasteiger charge is 2.18. The molecule has 3 aromatic carbocycles. The number of allylic oxidation sites excluding steroid dienone is 1. The Kier molecular flexibility index (Phi) is 6.84. The lowest BCUT2D eigenvalue weighted by Gasteiger charge is -2.10. The highest BCUT2D eigenvalue weighted by molar-refractivity contribution is 7.14. The highest BCUT2D eigenvalue weighted by atomic mass is 32.1. The van der Waals surface area contributed by atoms with Gasteiger partial charge < -0.3 is 9.88 Å². The van der Waals surface area contributed by atoms with Crippen molar-refractivity contribution in [3.8, 4) is 11.3 Å². The second-order valence-electron chi connectivity index (χ2n) is 6.90. The summed E-state index contributed by atoms with van der Waals surface area (Å²) >= 11 is 1.38. The van der Waals surface area contributed by atoms with Crippen molar-refractivity contribution >= 4 is 28.5 Å². The molecule has 0 unspecified atom stereocenters. The average Bonchev–Trinajstić information content (AvgIpc) is 3.17. The van der Waals surface area contributed by atoms with Crippen molar-refractivity contribution in [2.24, 2.45) is 10.2 Å². The molecule has 0 aliphatic heterocycles. The number of nitrogens with zero attached hydrogens (tertiary/aromatic N) is 3. The van der Waals surface area contributed by atoms with Gasteiger partial charge in [0.1, 0.15) is 5.00 Å². The Labute approximate surface area is 190 Å². The van der Waals surface area contributed by atoms with Gasteiger partial charge in [-0.2, -0.15) is 5.10 Å². The van der Waals surface area contributed by atoms with Crippen LogP contribution in [0, 0.1) is 0 Å². The third-order valence-electron chi connectivity index (χ3n) is 4.68. The molecular formula is C26H22N4OS. The number of hydrogen-bond acceptors (Lipinski definition) is 4. The smallest absolute Gasteiger partial charge is 0.256 e. The number of benzene rings is 3. The standard InChI is InChI=1S/C26H22N4OS/c1-2-18-30-23(21-14-8-4-9-15-21)25(28-24(31)22-16-10-5-11-17-22)32-26(30)29-27-19-20-12-6-3-7-13-20/h2-17,19H,1,18H2,(H,28,31). The predicted molar refractivity (Wildman–Crippen MR) is 132 cm³/mol. The Hall–Kier alpha value is -4.03. The van der Waals surface area contributed by atoms with Crippen LogP contribution in [0.25, 0.3) is 11.3 Å². The van der Waals surface area contributed by atoms with Crippen LogP contribution in [-0.2, 0) is 6.54 Å². The minimum atomic E-state index is -0.172. The first kappa shape index (κ1) is 21.2. The molecular weight excluding hydrogens is 416 g/mol. The van der Waals surface area contributed by atoms with E-state index < -0.39 is 0 Å². The molecule has 0 saturated heterocycles. The minimum Gasteiger partial charge on any atom is -0.312 e. The number of anilines is 1. The van der Waals surface area contributed by atoms with Gasteiger partial charge in [-0.05, 0) is 17.7 Å². The van der Waals surface area contributed by atoms with Crippen LogP contribution in [0.2, 0.25) is 0 Å². The third-order valence-corrected chi connectivity index (χ3v) is 5.66. The van der Waals surface area contributed by atoms with Crippen molar-refractivity contribution in [1.29, 1.82) is 0 Å². The van der Waals surface area contributed by atoms with Crippen LogP contribution >= 0.6 is 11.3 Å². The molecule has 4 rings (SSSR count). The van der Waals surface area contributed by atoms with Gasteiger partial charge in [0.15, 0.2) is 0 Å². The molecule has 0 aliphatic rings. The number of aromatic nitrogens is 1. The lowest BCUT2D eigenvalue weighted by Crippen LogP contribution is -2.15. The quantitative estimate of drug-likeness (QED) is 0.228. The van der Waals surface area contributed by atoms with Gasteiger partial charge in [-0.25, -0.2) is 0 Å². The summed E-state index contributed by atoms with van der Waals surface area (Å²) in [6, 6.07) is 28.9. The van der Waals surface area contributed by atoms with Crippen molar-refractivity contribution in [3.63, 3.8) is 0 Å². The summed E-state index contributed by atoms with van der Waals surface area (Å²) in [4.78, 5) is 13.5. The van der Waals surface area contributed by atoms with Gasteiger partial charge in [-0.15, -0.1) is 11.7 Å². The molecule has 1 amide bonds. The first-order valence-electron chi connectivity index (χ1n) is 10.1. The SMILES string of the molecule is C=CCn1c(-c2ccccc2)c(NC(=O)c2ccccc2)sc1=NN=Cc1ccccc1. The second-order valence-corrected chi connectivity index (χ2v) is 7.88. The van der Waals surface area contributed by atoms with E-state index in [2.05, 4.69) is 22.1 Å². The van der Waals surface area contributed by atoms with Crippen LogP contribution in [0.4, 0.5) is 5.00 Å². The molecule has 0 spiro atoms. The average molecular weight is 439 g/mol. The first-order valence-corrected chi connectivity index (χ1v) is 11.0. The summed E-state index contributed by atoms with van der Waals surface area (Å²) in [7, 11) is 0. The summed E-state index contributed by atoms with van der Waals surface area (Å²) in [6.07, 6.45) is 3.52. The van der Waals surface area contributed by atoms with Gasteiger partial charge in [0.05, 0.1) is 11.9 Å². The lowest BCUT2D eigenvalue weighted by atomic mass is 10.1. The minimum absolute atomic E-state index is 0.172. The largest absolute Gasteiger partial charge is 0.312 e. The number of thiazole rings is 1. The molecule has 0 radical (unpaired) electrons. The molecule has 5 nitrogen and oxygen atoms in total. The van der Waals surface area contributed by atoms with E-state index in [0.717, 1.165) is 16.8 Å². The fourth-order valence-electron chi connectivity index (χ4n) is 3.20. The number of hydrogen-bond donors (Lipinski definition) is 1. The van der Waals surface area contributed by atoms with Crippen LogP contribution < -0.4 is 10.1 Å². The van der Waals surface area contributed by atoms with Gasteiger partial charge in [0.2, 0.25) is 4.80 Å². The molecule has 1 aromatic heterocycles. The molecule has 0 fully saturated rings. The Morgan fingerprint density at radius 2 is 1.56 bits per heavy atom. The normalized spacial score (nSPS) is 11.6. The van der Waals surface area contributed by atoms with Gasteiger partial charge in [-0.1, -0.05) is 96.3 Å². The predicted octanol–water partition coefficient (Wildman–Crippen LogP) is 5.59. The molecule has 0 atom stereocenters. The van der Waals surface area contributed by atoms with Gasteiger partial charge in [0, 0.05) is 17.7 Å². The third kappa shape index (κ3) is 4.99. The van der Waals surface area contributed by atoms with Crippen molar-refractivity contribution in [3.05, 3.63) is 120 Å². The highest BCUT2D eigenvalue weighted by Crippen LogP contribution is 2.31. The van der Waals surface area contributed by atoms with Crippen molar-refractivity contribution < 1.29 is 4.79 Å². The molecule has 0 saturated carbocycles. The summed E-state index contributed by atoms with van der Waals surface area (Å²) in [5, 5.41) is 12.5. The number of rotatable bonds is 7. The zero-order valence-electron chi connectivity index (χ0n) is 17.4. The molecule has 158 valence electrons. The van der Waals surface area contributed by atoms with Crippen LogP contribution in [0.3, 0.4) is 0 Å². The van der Waals surface area contributed by atoms with E-state index in [1.54, 1.807) is 18.3 Å². The molecule has 4 aromatic rings. The number of amides is 1. The van der Waals surface area contributed by atoms with E-state index in [0.29, 0.717) is 21.9 Å². The van der Waals surface area contributed by atoms with E-state index in [-0.39, 0.29) is 5.91 Å². The molecule has 6 heteroatoms. The van der Waals surface area contributed by atoms with E-state index >= 15 is 0 Å². The molecule has 0 bridgehead atoms. The van der Waals surface area contributed by atoms with Crippen LogP contribution in [-0.4, -0.2) is 16.7 Å². The summed E-state index contributed by atoms with van der Waals surface area (Å²) < 4.78 is 2.01. The Bertz CT molecular complexity index is 1290. The van der Waals surface area contributed by atoms with Crippen LogP contribution in [0.1, 0.15) is 15.9 Å². The van der Waals surface area contributed by atoms with E-state index in [4.69, 9.17) is 0 Å². The van der Waals surface area contributed by atoms with Crippen LogP contribution in [0.5, 0.6) is 0 Å². The summed E-state index contributed by atoms with van der Waals surface area (Å²) in [5.74, 6) is -0.172. The lowest BCUT2D eigenvalue weighted by molar-refractivity contribution is 0.102. The van der Waals surface area contributed by atoms with Gasteiger partial charge in [0.25, 0.3) is 5.91 Å². The van der Waals surface area contributed by atoms with E-state index in [1.165, 1.54) is 11.3 Å². The molecule has 32 heavy (non-hydrogen) atoms. The fourth-order valence-corrected chi connectivity index (χ4v) is 4.22. The summed E-state index contributed by atoms with van der Waals surface area (Å²) in [6.45, 7) is 4.42. The van der Waals surface area contributed by atoms with Crippen molar-refractivity contribution in [1.82, 2.24) is 4.57 Å². The van der Waals surface area contributed by atoms with Gasteiger partial charge in [-0.3, -0.25) is 4.79 Å². The monoisotopic (exact) mass is 438 g/mol. The van der Waals surface area contributed by atoms with Crippen molar-refractivity contribution in [2.75, 3.05) is 5.32 Å². The number of nitrogens with one attached hydrogen (secondary N) is 1. The Balaban J connectivity index is 1.80. The number of carbonyl (C=O) groups excluding carboxylic acids is 1. The summed E-state index contributed by atoms with van der Waals surface area (Å²) in [5.41, 5.74) is 3.40. The van der Waals surface area contributed by atoms with E-state index in [1.807, 2.05) is 89.5 Å². The Morgan fingerprint density at radius 3 is 2.22 bits per heavy atom. The Morgan fingerprint density at radius 1 is 0.938 bits per heavy atom. The van der Waals surface area contributed by atoms with E-state index in [9.17, 15) is 4.79 Å². The van der Waals surface area contributed by atoms with Gasteiger partial charge >= 0.3 is 0 Å². The first-order chi connectivity index (χ1) is 15.8. The fraction of sp³-hybridized carbons (Fsp3) is 0.0385. The topological polar surface area (TPSA) is 58.8 Å². The van der Waals surface area contributed by atoms with Crippen LogP contribution in [0.15, 0.2) is 114 Å². The zero-order valence-corrected chi connectivity index (χ0v) is 18.2. The molecule has 1 N–H and O–H groups in total. The maximum atomic E-state index is 12.9. The zero-order chi connectivity index (χ0) is 22.2. The molecule has 0 aliphatic carbocycles. The number of carbonyl (C=O) groups is 1. The maximum Gasteiger partial charge on any atom is 0.256 e. The molecule has 1 heterocycles. The second kappa shape index (κ2) is 10.3.